The fourth-order valence-electron chi connectivity index (χ4n) is 2.19. The third kappa shape index (κ3) is 3.45. The van der Waals surface area contributed by atoms with Crippen LogP contribution >= 0.6 is 11.8 Å². The molecule has 0 bridgehead atoms. The van der Waals surface area contributed by atoms with E-state index >= 15 is 0 Å². The number of carboxylic acid groups (broad SMARTS) is 1. The van der Waals surface area contributed by atoms with E-state index in [4.69, 9.17) is 5.11 Å². The Bertz CT molecular complexity index is 533. The van der Waals surface area contributed by atoms with E-state index in [9.17, 15) is 9.59 Å². The first-order chi connectivity index (χ1) is 9.47. The van der Waals surface area contributed by atoms with Crippen LogP contribution in [0.4, 0.5) is 10.5 Å². The van der Waals surface area contributed by atoms with Crippen LogP contribution in [0.5, 0.6) is 0 Å². The molecule has 1 aromatic rings. The molecule has 0 radical (unpaired) electrons. The van der Waals surface area contributed by atoms with E-state index in [1.165, 1.54) is 6.07 Å². The molecule has 2 N–H and O–H groups in total. The Labute approximate surface area is 122 Å². The first-order valence-corrected chi connectivity index (χ1v) is 7.53. The van der Waals surface area contributed by atoms with Gasteiger partial charge in [-0.25, -0.2) is 9.59 Å². The summed E-state index contributed by atoms with van der Waals surface area (Å²) in [6.45, 7) is 5.31. The van der Waals surface area contributed by atoms with Crippen molar-refractivity contribution in [2.75, 3.05) is 24.2 Å². The molecule has 1 aliphatic heterocycles. The summed E-state index contributed by atoms with van der Waals surface area (Å²) in [5, 5.41) is 12.2. The van der Waals surface area contributed by atoms with Gasteiger partial charge in [0.25, 0.3) is 0 Å². The molecule has 0 aromatic heterocycles. The monoisotopic (exact) mass is 294 g/mol. The topological polar surface area (TPSA) is 69.6 Å². The molecule has 1 unspecified atom stereocenters. The number of aryl methyl sites for hydroxylation is 1. The van der Waals surface area contributed by atoms with Gasteiger partial charge in [-0.15, -0.1) is 0 Å². The number of anilines is 1. The maximum absolute atomic E-state index is 12.1. The Hall–Kier alpha value is -1.69. The molecule has 0 spiro atoms. The molecular formula is C14H18N2O3S. The van der Waals surface area contributed by atoms with Crippen molar-refractivity contribution in [2.24, 2.45) is 0 Å². The van der Waals surface area contributed by atoms with Gasteiger partial charge in [0.1, 0.15) is 0 Å². The minimum Gasteiger partial charge on any atom is -0.478 e. The number of amides is 2. The number of carboxylic acids is 1. The lowest BCUT2D eigenvalue weighted by Crippen LogP contribution is -2.43. The van der Waals surface area contributed by atoms with Gasteiger partial charge in [0, 0.05) is 29.8 Å². The van der Waals surface area contributed by atoms with Crippen LogP contribution in [0.2, 0.25) is 0 Å². The van der Waals surface area contributed by atoms with E-state index in [2.05, 4.69) is 12.2 Å². The van der Waals surface area contributed by atoms with Crippen LogP contribution in [0.1, 0.15) is 22.8 Å². The highest BCUT2D eigenvalue weighted by molar-refractivity contribution is 7.99. The zero-order valence-electron chi connectivity index (χ0n) is 11.5. The fourth-order valence-corrected chi connectivity index (χ4v) is 3.20. The lowest BCUT2D eigenvalue weighted by molar-refractivity contribution is 0.0696. The Balaban J connectivity index is 2.04. The minimum absolute atomic E-state index is 0.125. The number of thioether (sulfide) groups is 1. The maximum Gasteiger partial charge on any atom is 0.335 e. The van der Waals surface area contributed by atoms with E-state index in [1.807, 2.05) is 11.8 Å². The Morgan fingerprint density at radius 1 is 1.45 bits per heavy atom. The fraction of sp³-hybridized carbons (Fsp3) is 0.429. The SMILES string of the molecule is Cc1cc(NC(=O)N2CCSC(C)C2)ccc1C(=O)O. The van der Waals surface area contributed by atoms with Crippen LogP contribution in [-0.4, -0.2) is 46.1 Å². The number of benzene rings is 1. The summed E-state index contributed by atoms with van der Waals surface area (Å²) in [5.74, 6) is -0.00628. The molecule has 2 rings (SSSR count). The van der Waals surface area contributed by atoms with Crippen LogP contribution in [0.25, 0.3) is 0 Å². The van der Waals surface area contributed by atoms with Crippen molar-refractivity contribution in [1.29, 1.82) is 0 Å². The van der Waals surface area contributed by atoms with Crippen molar-refractivity contribution in [2.45, 2.75) is 19.1 Å². The van der Waals surface area contributed by atoms with Crippen LogP contribution in [0.15, 0.2) is 18.2 Å². The summed E-state index contributed by atoms with van der Waals surface area (Å²) >= 11 is 1.87. The van der Waals surface area contributed by atoms with Crippen molar-refractivity contribution < 1.29 is 14.7 Å². The van der Waals surface area contributed by atoms with Gasteiger partial charge >= 0.3 is 12.0 Å². The molecule has 5 nitrogen and oxygen atoms in total. The summed E-state index contributed by atoms with van der Waals surface area (Å²) in [4.78, 5) is 24.9. The Morgan fingerprint density at radius 3 is 2.80 bits per heavy atom. The number of hydrogen-bond acceptors (Lipinski definition) is 3. The minimum atomic E-state index is -0.956. The number of aromatic carboxylic acids is 1. The van der Waals surface area contributed by atoms with E-state index in [0.29, 0.717) is 16.5 Å². The number of nitrogens with one attached hydrogen (secondary N) is 1. The number of carbonyl (C=O) groups is 2. The lowest BCUT2D eigenvalue weighted by Gasteiger charge is -2.30. The van der Waals surface area contributed by atoms with Crippen LogP contribution in [0.3, 0.4) is 0 Å². The molecule has 6 heteroatoms. The summed E-state index contributed by atoms with van der Waals surface area (Å²) < 4.78 is 0. The second kappa shape index (κ2) is 6.17. The molecule has 0 aliphatic carbocycles. The van der Waals surface area contributed by atoms with Crippen molar-refractivity contribution >= 4 is 29.4 Å². The number of carbonyl (C=O) groups excluding carboxylic acids is 1. The summed E-state index contributed by atoms with van der Waals surface area (Å²) in [7, 11) is 0. The zero-order valence-corrected chi connectivity index (χ0v) is 12.4. The average Bonchev–Trinajstić information content (AvgIpc) is 2.38. The van der Waals surface area contributed by atoms with E-state index < -0.39 is 5.97 Å². The predicted octanol–water partition coefficient (Wildman–Crippen LogP) is 2.66. The number of nitrogens with zero attached hydrogens (tertiary/aromatic N) is 1. The third-order valence-electron chi connectivity index (χ3n) is 3.24. The standard InChI is InChI=1S/C14H18N2O3S/c1-9-7-11(3-4-12(9)13(17)18)15-14(19)16-5-6-20-10(2)8-16/h3-4,7,10H,5-6,8H2,1-2H3,(H,15,19)(H,17,18). The van der Waals surface area contributed by atoms with Crippen LogP contribution in [-0.2, 0) is 0 Å². The molecule has 1 heterocycles. The normalized spacial score (nSPS) is 18.7. The second-order valence-electron chi connectivity index (χ2n) is 4.89. The molecule has 0 saturated carbocycles. The summed E-state index contributed by atoms with van der Waals surface area (Å²) in [6, 6.07) is 4.70. The van der Waals surface area contributed by atoms with Gasteiger partial charge in [-0.05, 0) is 30.7 Å². The molecule has 108 valence electrons. The van der Waals surface area contributed by atoms with Crippen molar-refractivity contribution in [3.05, 3.63) is 29.3 Å². The summed E-state index contributed by atoms with van der Waals surface area (Å²) in [6.07, 6.45) is 0. The first kappa shape index (κ1) is 14.7. The van der Waals surface area contributed by atoms with Gasteiger partial charge < -0.3 is 15.3 Å². The Kier molecular flexibility index (Phi) is 4.54. The van der Waals surface area contributed by atoms with E-state index in [0.717, 1.165) is 18.8 Å². The number of urea groups is 1. The molecule has 2 amide bonds. The number of hydrogen-bond donors (Lipinski definition) is 2. The van der Waals surface area contributed by atoms with Crippen LogP contribution in [0, 0.1) is 6.92 Å². The molecular weight excluding hydrogens is 276 g/mol. The third-order valence-corrected chi connectivity index (χ3v) is 4.37. The Morgan fingerprint density at radius 2 is 2.20 bits per heavy atom. The average molecular weight is 294 g/mol. The molecule has 20 heavy (non-hydrogen) atoms. The highest BCUT2D eigenvalue weighted by atomic mass is 32.2. The van der Waals surface area contributed by atoms with Crippen LogP contribution < -0.4 is 5.32 Å². The first-order valence-electron chi connectivity index (χ1n) is 6.49. The molecule has 1 fully saturated rings. The lowest BCUT2D eigenvalue weighted by atomic mass is 10.1. The maximum atomic E-state index is 12.1. The van der Waals surface area contributed by atoms with Gasteiger partial charge in [-0.2, -0.15) is 11.8 Å². The second-order valence-corrected chi connectivity index (χ2v) is 6.44. The van der Waals surface area contributed by atoms with Gasteiger partial charge in [0.05, 0.1) is 5.56 Å². The summed E-state index contributed by atoms with van der Waals surface area (Å²) in [5.41, 5.74) is 1.52. The van der Waals surface area contributed by atoms with Gasteiger partial charge in [0.15, 0.2) is 0 Å². The predicted molar refractivity (Wildman–Crippen MR) is 80.7 cm³/mol. The smallest absolute Gasteiger partial charge is 0.335 e. The molecule has 1 saturated heterocycles. The van der Waals surface area contributed by atoms with Crippen molar-refractivity contribution in [3.8, 4) is 0 Å². The highest BCUT2D eigenvalue weighted by Crippen LogP contribution is 2.20. The van der Waals surface area contributed by atoms with Gasteiger partial charge in [-0.1, -0.05) is 6.92 Å². The van der Waals surface area contributed by atoms with Gasteiger partial charge in [0.2, 0.25) is 0 Å². The van der Waals surface area contributed by atoms with Gasteiger partial charge in [-0.3, -0.25) is 0 Å². The molecule has 1 atom stereocenters. The molecule has 1 aliphatic rings. The largest absolute Gasteiger partial charge is 0.478 e. The van der Waals surface area contributed by atoms with Crippen molar-refractivity contribution in [1.82, 2.24) is 4.90 Å². The quantitative estimate of drug-likeness (QED) is 0.880. The zero-order chi connectivity index (χ0) is 14.7. The van der Waals surface area contributed by atoms with Crippen molar-refractivity contribution in [3.63, 3.8) is 0 Å². The molecule has 1 aromatic carbocycles. The highest BCUT2D eigenvalue weighted by Gasteiger charge is 2.21. The van der Waals surface area contributed by atoms with E-state index in [1.54, 1.807) is 24.0 Å². The number of rotatable bonds is 2. The van der Waals surface area contributed by atoms with E-state index in [-0.39, 0.29) is 11.6 Å².